The Bertz CT molecular complexity index is 674. The molecular weight excluding hydrogens is 226 g/mol. The number of nitrogens with zero attached hydrogens (tertiary/aromatic N) is 2. The number of aromatic nitrogens is 3. The zero-order valence-electron chi connectivity index (χ0n) is 9.72. The van der Waals surface area contributed by atoms with Crippen LogP contribution in [0.3, 0.4) is 0 Å². The van der Waals surface area contributed by atoms with Crippen LogP contribution in [0.15, 0.2) is 42.5 Å². The molecule has 0 aliphatic carbocycles. The number of benzene rings is 2. The zero-order valence-corrected chi connectivity index (χ0v) is 9.72. The van der Waals surface area contributed by atoms with E-state index in [-0.39, 0.29) is 0 Å². The number of anilines is 2. The second-order valence-electron chi connectivity index (χ2n) is 4.08. The van der Waals surface area contributed by atoms with Crippen LogP contribution in [-0.4, -0.2) is 15.2 Å². The molecule has 0 aliphatic heterocycles. The number of nitrogen functional groups attached to an aromatic ring is 1. The summed E-state index contributed by atoms with van der Waals surface area (Å²) < 4.78 is 0. The van der Waals surface area contributed by atoms with Gasteiger partial charge in [0.15, 0.2) is 0 Å². The van der Waals surface area contributed by atoms with Crippen LogP contribution >= 0.6 is 0 Å². The van der Waals surface area contributed by atoms with Crippen molar-refractivity contribution in [3.8, 4) is 0 Å². The van der Waals surface area contributed by atoms with Crippen LogP contribution in [0.4, 0.5) is 11.9 Å². The van der Waals surface area contributed by atoms with Gasteiger partial charge >= 0.3 is 0 Å². The van der Waals surface area contributed by atoms with E-state index in [1.54, 1.807) is 0 Å². The van der Waals surface area contributed by atoms with Gasteiger partial charge in [-0.1, -0.05) is 36.4 Å². The van der Waals surface area contributed by atoms with Crippen molar-refractivity contribution in [3.05, 3.63) is 48.0 Å². The van der Waals surface area contributed by atoms with Crippen LogP contribution in [-0.2, 0) is 6.54 Å². The number of rotatable bonds is 3. The molecule has 90 valence electrons. The molecule has 5 nitrogen and oxygen atoms in total. The van der Waals surface area contributed by atoms with Crippen molar-refractivity contribution in [1.82, 2.24) is 15.2 Å². The monoisotopic (exact) mass is 239 g/mol. The van der Waals surface area contributed by atoms with Gasteiger partial charge in [0.2, 0.25) is 11.9 Å². The fourth-order valence-corrected chi connectivity index (χ4v) is 1.88. The Kier molecular flexibility index (Phi) is 2.57. The van der Waals surface area contributed by atoms with Crippen LogP contribution in [0.1, 0.15) is 5.56 Å². The Morgan fingerprint density at radius 2 is 1.94 bits per heavy atom. The molecule has 0 radical (unpaired) electrons. The molecule has 0 saturated heterocycles. The van der Waals surface area contributed by atoms with Crippen LogP contribution in [0.5, 0.6) is 0 Å². The zero-order chi connectivity index (χ0) is 12.4. The maximum Gasteiger partial charge on any atom is 0.243 e. The van der Waals surface area contributed by atoms with Gasteiger partial charge in [-0.25, -0.2) is 5.10 Å². The summed E-state index contributed by atoms with van der Waals surface area (Å²) in [5, 5.41) is 12.1. The van der Waals surface area contributed by atoms with Crippen molar-refractivity contribution in [2.75, 3.05) is 11.1 Å². The van der Waals surface area contributed by atoms with Gasteiger partial charge in [0, 0.05) is 6.54 Å². The Morgan fingerprint density at radius 3 is 2.72 bits per heavy atom. The van der Waals surface area contributed by atoms with E-state index < -0.39 is 0 Å². The molecule has 5 heteroatoms. The maximum absolute atomic E-state index is 5.45. The van der Waals surface area contributed by atoms with E-state index in [9.17, 15) is 0 Å². The van der Waals surface area contributed by atoms with E-state index >= 15 is 0 Å². The number of fused-ring (bicyclic) bond motifs is 1. The second kappa shape index (κ2) is 4.37. The lowest BCUT2D eigenvalue weighted by molar-refractivity contribution is 1.05. The molecule has 0 unspecified atom stereocenters. The number of aromatic amines is 1. The molecule has 0 bridgehead atoms. The lowest BCUT2D eigenvalue weighted by Gasteiger charge is -2.04. The van der Waals surface area contributed by atoms with E-state index in [1.807, 2.05) is 12.1 Å². The highest BCUT2D eigenvalue weighted by atomic mass is 15.3. The molecule has 0 aliphatic rings. The summed E-state index contributed by atoms with van der Waals surface area (Å²) >= 11 is 0. The van der Waals surface area contributed by atoms with Gasteiger partial charge in [-0.05, 0) is 22.4 Å². The van der Waals surface area contributed by atoms with Gasteiger partial charge in [-0.3, -0.25) is 0 Å². The predicted octanol–water partition coefficient (Wildman–Crippen LogP) is 2.15. The van der Waals surface area contributed by atoms with Crippen LogP contribution < -0.4 is 11.1 Å². The van der Waals surface area contributed by atoms with Crippen molar-refractivity contribution < 1.29 is 0 Å². The summed E-state index contributed by atoms with van der Waals surface area (Å²) in [6.07, 6.45) is 0. The first-order chi connectivity index (χ1) is 8.81. The predicted molar refractivity (Wildman–Crippen MR) is 72.1 cm³/mol. The Hall–Kier alpha value is -2.56. The molecular formula is C13H13N5. The minimum atomic E-state index is 0.316. The quantitative estimate of drug-likeness (QED) is 0.654. The van der Waals surface area contributed by atoms with Crippen molar-refractivity contribution in [1.29, 1.82) is 0 Å². The normalized spacial score (nSPS) is 10.7. The standard InChI is InChI=1S/C13H13N5/c14-12-16-13(18-17-12)15-8-9-5-6-10-3-1-2-4-11(10)7-9/h1-7H,8H2,(H4,14,15,16,17,18). The van der Waals surface area contributed by atoms with Crippen LogP contribution in [0, 0.1) is 0 Å². The van der Waals surface area contributed by atoms with Crippen molar-refractivity contribution in [3.63, 3.8) is 0 Å². The van der Waals surface area contributed by atoms with Crippen LogP contribution in [0.25, 0.3) is 10.8 Å². The largest absolute Gasteiger partial charge is 0.368 e. The third kappa shape index (κ3) is 2.10. The first-order valence-electron chi connectivity index (χ1n) is 5.71. The molecule has 3 rings (SSSR count). The van der Waals surface area contributed by atoms with Gasteiger partial charge in [0.25, 0.3) is 0 Å². The maximum atomic E-state index is 5.45. The lowest BCUT2D eigenvalue weighted by atomic mass is 10.1. The summed E-state index contributed by atoms with van der Waals surface area (Å²) in [6.45, 7) is 0.669. The SMILES string of the molecule is Nc1nc(NCc2ccc3ccccc3c2)n[nH]1. The molecule has 0 saturated carbocycles. The fraction of sp³-hybridized carbons (Fsp3) is 0.0769. The average molecular weight is 239 g/mol. The number of nitrogens with two attached hydrogens (primary N) is 1. The molecule has 0 amide bonds. The highest BCUT2D eigenvalue weighted by molar-refractivity contribution is 5.83. The topological polar surface area (TPSA) is 79.6 Å². The van der Waals surface area contributed by atoms with Crippen molar-refractivity contribution in [2.24, 2.45) is 0 Å². The first-order valence-corrected chi connectivity index (χ1v) is 5.71. The van der Waals surface area contributed by atoms with Gasteiger partial charge in [-0.2, -0.15) is 4.98 Å². The molecule has 4 N–H and O–H groups in total. The number of hydrogen-bond acceptors (Lipinski definition) is 4. The summed E-state index contributed by atoms with van der Waals surface area (Å²) in [7, 11) is 0. The third-order valence-electron chi connectivity index (χ3n) is 2.77. The lowest BCUT2D eigenvalue weighted by Crippen LogP contribution is -2.01. The van der Waals surface area contributed by atoms with E-state index in [0.29, 0.717) is 18.4 Å². The fourth-order valence-electron chi connectivity index (χ4n) is 1.88. The van der Waals surface area contributed by atoms with Crippen molar-refractivity contribution in [2.45, 2.75) is 6.54 Å². The van der Waals surface area contributed by atoms with Gasteiger partial charge in [0.05, 0.1) is 0 Å². The first kappa shape index (κ1) is 10.6. The number of H-pyrrole nitrogens is 1. The van der Waals surface area contributed by atoms with E-state index in [2.05, 4.69) is 50.8 Å². The molecule has 1 heterocycles. The number of nitrogens with one attached hydrogen (secondary N) is 2. The van der Waals surface area contributed by atoms with Gasteiger partial charge in [-0.15, -0.1) is 5.10 Å². The van der Waals surface area contributed by atoms with Crippen molar-refractivity contribution >= 4 is 22.7 Å². The van der Waals surface area contributed by atoms with Crippen LogP contribution in [0.2, 0.25) is 0 Å². The molecule has 0 fully saturated rings. The summed E-state index contributed by atoms with van der Waals surface area (Å²) in [5.41, 5.74) is 6.63. The summed E-state index contributed by atoms with van der Waals surface area (Å²) in [6, 6.07) is 14.6. The molecule has 3 aromatic rings. The molecule has 1 aromatic heterocycles. The Balaban J connectivity index is 1.78. The van der Waals surface area contributed by atoms with Gasteiger partial charge in [0.1, 0.15) is 0 Å². The Morgan fingerprint density at radius 1 is 1.11 bits per heavy atom. The van der Waals surface area contributed by atoms with E-state index in [0.717, 1.165) is 0 Å². The minimum Gasteiger partial charge on any atom is -0.368 e. The molecule has 18 heavy (non-hydrogen) atoms. The van der Waals surface area contributed by atoms with E-state index in [1.165, 1.54) is 16.3 Å². The highest BCUT2D eigenvalue weighted by Gasteiger charge is 2.00. The minimum absolute atomic E-state index is 0.316. The summed E-state index contributed by atoms with van der Waals surface area (Å²) in [4.78, 5) is 3.99. The highest BCUT2D eigenvalue weighted by Crippen LogP contribution is 2.16. The average Bonchev–Trinajstić information content (AvgIpc) is 2.82. The van der Waals surface area contributed by atoms with Gasteiger partial charge < -0.3 is 11.1 Å². The third-order valence-corrected chi connectivity index (χ3v) is 2.77. The molecule has 0 atom stereocenters. The van der Waals surface area contributed by atoms with E-state index in [4.69, 9.17) is 5.73 Å². The smallest absolute Gasteiger partial charge is 0.243 e. The molecule has 2 aromatic carbocycles. The molecule has 0 spiro atoms. The summed E-state index contributed by atoms with van der Waals surface area (Å²) in [5.74, 6) is 0.830. The Labute approximate surface area is 104 Å². The number of hydrogen-bond donors (Lipinski definition) is 3. The second-order valence-corrected chi connectivity index (χ2v) is 4.08.